The van der Waals surface area contributed by atoms with Crippen molar-refractivity contribution in [2.75, 3.05) is 37.0 Å². The molecule has 0 aromatic carbocycles. The van der Waals surface area contributed by atoms with Crippen LogP contribution in [0.3, 0.4) is 0 Å². The van der Waals surface area contributed by atoms with Gasteiger partial charge in [0.1, 0.15) is 0 Å². The monoisotopic (exact) mass is 398 g/mol. The Morgan fingerprint density at radius 3 is 0.789 bits per heavy atom. The van der Waals surface area contributed by atoms with Crippen LogP contribution in [0.25, 0.3) is 0 Å². The van der Waals surface area contributed by atoms with Gasteiger partial charge in [0.25, 0.3) is 0 Å². The molecule has 0 bridgehead atoms. The van der Waals surface area contributed by atoms with Crippen molar-refractivity contribution < 1.29 is 14.4 Å². The molecule has 0 aliphatic carbocycles. The van der Waals surface area contributed by atoms with Crippen molar-refractivity contribution in [1.82, 2.24) is 0 Å². The van der Waals surface area contributed by atoms with Crippen LogP contribution < -0.4 is 0 Å². The van der Waals surface area contributed by atoms with Crippen molar-refractivity contribution in [3.63, 3.8) is 0 Å². The summed E-state index contributed by atoms with van der Waals surface area (Å²) >= 11 is 0. The summed E-state index contributed by atoms with van der Waals surface area (Å²) in [7, 11) is -2.24. The lowest BCUT2D eigenvalue weighted by atomic mass is 10.9. The van der Waals surface area contributed by atoms with Crippen LogP contribution >= 0.6 is 41.1 Å². The lowest BCUT2D eigenvalue weighted by molar-refractivity contribution is 0.405. The van der Waals surface area contributed by atoms with E-state index in [0.29, 0.717) is 15.8 Å². The van der Waals surface area contributed by atoms with Gasteiger partial charge in [0.2, 0.25) is 0 Å². The average molecular weight is 399 g/mol. The van der Waals surface area contributed by atoms with Gasteiger partial charge in [-0.2, -0.15) is 0 Å². The lowest BCUT2D eigenvalue weighted by Crippen LogP contribution is -1.83. The van der Waals surface area contributed by atoms with Crippen LogP contribution in [0.4, 0.5) is 0 Å². The zero-order valence-corrected chi connectivity index (χ0v) is 17.8. The van der Waals surface area contributed by atoms with Crippen LogP contribution in [-0.4, -0.2) is 46.8 Å². The van der Waals surface area contributed by atoms with Gasteiger partial charge in [-0.15, -0.1) is 32.8 Å². The van der Waals surface area contributed by atoms with Gasteiger partial charge in [-0.25, -0.2) is 0 Å². The number of hydrogen-bond acceptors (Lipinski definition) is 1. The zero-order chi connectivity index (χ0) is 15.0. The van der Waals surface area contributed by atoms with E-state index in [0.717, 1.165) is 0 Å². The number of rotatable bonds is 6. The van der Waals surface area contributed by atoms with Gasteiger partial charge in [0.15, 0.2) is 0 Å². The second-order valence-electron chi connectivity index (χ2n) is 3.52. The van der Waals surface area contributed by atoms with Gasteiger partial charge in [-0.1, -0.05) is 41.5 Å². The third-order valence-corrected chi connectivity index (χ3v) is 8.05. The van der Waals surface area contributed by atoms with E-state index < -0.39 is 8.25 Å². The quantitative estimate of drug-likeness (QED) is 0.619. The van der Waals surface area contributed by atoms with Crippen molar-refractivity contribution in [2.45, 2.75) is 41.5 Å². The second kappa shape index (κ2) is 24.5. The number of hydrogen-bond donors (Lipinski definition) is 2. The van der Waals surface area contributed by atoms with Gasteiger partial charge in [-0.05, 0) is 37.0 Å². The highest BCUT2D eigenvalue weighted by atomic mass is 79.9. The minimum absolute atomic E-state index is 0. The van der Waals surface area contributed by atoms with Crippen LogP contribution in [0.2, 0.25) is 0 Å². The summed E-state index contributed by atoms with van der Waals surface area (Å²) in [5.74, 6) is 0. The van der Waals surface area contributed by atoms with Crippen molar-refractivity contribution in [1.29, 1.82) is 0 Å². The summed E-state index contributed by atoms with van der Waals surface area (Å²) in [6.07, 6.45) is 8.51. The fourth-order valence-electron chi connectivity index (χ4n) is 1.34. The standard InChI is InChI=1S/2C6H15P.BrH.H3O3P/c2*1-4-7(5-2)6-3;;1-4(2)3/h2*4-6H2,1-3H3;1H;4H,(H2,1,2,3). The maximum absolute atomic E-state index is 8.74. The summed E-state index contributed by atoms with van der Waals surface area (Å²) < 4.78 is 8.74. The summed E-state index contributed by atoms with van der Waals surface area (Å²) in [4.78, 5) is 14.3. The molecule has 0 fully saturated rings. The first kappa shape index (κ1) is 28.6. The van der Waals surface area contributed by atoms with Gasteiger partial charge in [-0.3, -0.25) is 4.57 Å². The van der Waals surface area contributed by atoms with Crippen LogP contribution in [0.1, 0.15) is 41.5 Å². The van der Waals surface area contributed by atoms with Gasteiger partial charge >= 0.3 is 8.25 Å². The molecule has 19 heavy (non-hydrogen) atoms. The topological polar surface area (TPSA) is 57.5 Å². The molecule has 0 aromatic heterocycles. The Labute approximate surface area is 134 Å². The molecular formula is C12H34BrO3P3. The number of halogens is 1. The first-order valence-corrected chi connectivity index (χ1v) is 11.9. The summed E-state index contributed by atoms with van der Waals surface area (Å²) in [6, 6.07) is 0. The lowest BCUT2D eigenvalue weighted by Gasteiger charge is -2.07. The maximum Gasteiger partial charge on any atom is 0.314 e. The van der Waals surface area contributed by atoms with Crippen LogP contribution in [-0.2, 0) is 4.57 Å². The molecule has 0 radical (unpaired) electrons. The predicted molar refractivity (Wildman–Crippen MR) is 101 cm³/mol. The van der Waals surface area contributed by atoms with Gasteiger partial charge < -0.3 is 9.79 Å². The normalized spacial score (nSPS) is 9.42. The molecular weight excluding hydrogens is 365 g/mol. The second-order valence-corrected chi connectivity index (χ2v) is 10.6. The summed E-state index contributed by atoms with van der Waals surface area (Å²) in [5.41, 5.74) is 0. The molecule has 7 heteroatoms. The molecule has 0 heterocycles. The van der Waals surface area contributed by atoms with E-state index in [1.807, 2.05) is 0 Å². The maximum atomic E-state index is 8.74. The van der Waals surface area contributed by atoms with Crippen LogP contribution in [0, 0.1) is 0 Å². The van der Waals surface area contributed by atoms with Gasteiger partial charge in [0, 0.05) is 0 Å². The Hall–Kier alpha value is 1.49. The van der Waals surface area contributed by atoms with Gasteiger partial charge in [0.05, 0.1) is 0 Å². The highest BCUT2D eigenvalue weighted by Gasteiger charge is 1.94. The van der Waals surface area contributed by atoms with E-state index >= 15 is 0 Å². The molecule has 0 aliphatic rings. The summed E-state index contributed by atoms with van der Waals surface area (Å²) in [6.45, 7) is 13.7. The molecule has 0 amide bonds. The average Bonchev–Trinajstić information content (AvgIpc) is 2.34. The third-order valence-electron chi connectivity index (χ3n) is 2.68. The van der Waals surface area contributed by atoms with E-state index in [2.05, 4.69) is 41.5 Å². The van der Waals surface area contributed by atoms with E-state index in [1.165, 1.54) is 37.0 Å². The highest BCUT2D eigenvalue weighted by molar-refractivity contribution is 8.93. The Morgan fingerprint density at radius 2 is 0.789 bits per heavy atom. The predicted octanol–water partition coefficient (Wildman–Crippen LogP) is 4.99. The minimum Gasteiger partial charge on any atom is -0.326 e. The van der Waals surface area contributed by atoms with Crippen molar-refractivity contribution in [3.8, 4) is 0 Å². The molecule has 0 aliphatic heterocycles. The molecule has 3 nitrogen and oxygen atoms in total. The Kier molecular flexibility index (Phi) is 36.9. The van der Waals surface area contributed by atoms with E-state index in [9.17, 15) is 0 Å². The fourth-order valence-corrected chi connectivity index (χ4v) is 4.02. The first-order valence-electron chi connectivity index (χ1n) is 6.79. The highest BCUT2D eigenvalue weighted by Crippen LogP contribution is 2.32. The molecule has 0 atom stereocenters. The van der Waals surface area contributed by atoms with Crippen LogP contribution in [0.15, 0.2) is 0 Å². The Balaban J connectivity index is -0.0000000900. The molecule has 0 spiro atoms. The molecule has 0 aromatic rings. The smallest absolute Gasteiger partial charge is 0.314 e. The first-order chi connectivity index (χ1) is 8.42. The molecule has 122 valence electrons. The molecule has 0 unspecified atom stereocenters. The zero-order valence-electron chi connectivity index (χ0n) is 13.3. The molecule has 0 rings (SSSR count). The van der Waals surface area contributed by atoms with Crippen molar-refractivity contribution in [3.05, 3.63) is 0 Å². The SMILES string of the molecule is Br.CCP(CC)CC.CCP(CC)CC.O=[PH](O)O. The largest absolute Gasteiger partial charge is 0.326 e. The Morgan fingerprint density at radius 1 is 0.684 bits per heavy atom. The van der Waals surface area contributed by atoms with E-state index in [1.54, 1.807) is 0 Å². The van der Waals surface area contributed by atoms with E-state index in [-0.39, 0.29) is 17.0 Å². The fraction of sp³-hybridized carbons (Fsp3) is 1.00. The minimum atomic E-state index is -3.13. The molecule has 2 N–H and O–H groups in total. The van der Waals surface area contributed by atoms with Crippen molar-refractivity contribution >= 4 is 41.1 Å². The molecule has 0 saturated heterocycles. The molecule has 0 saturated carbocycles. The summed E-state index contributed by atoms with van der Waals surface area (Å²) in [5, 5.41) is 0. The van der Waals surface area contributed by atoms with Crippen LogP contribution in [0.5, 0.6) is 0 Å². The third kappa shape index (κ3) is 32.8. The van der Waals surface area contributed by atoms with Crippen molar-refractivity contribution in [2.24, 2.45) is 0 Å². The van der Waals surface area contributed by atoms with E-state index in [4.69, 9.17) is 14.4 Å². The Bertz CT molecular complexity index is 139.